The Labute approximate surface area is 295 Å². The fraction of sp³-hybridized carbons (Fsp3) is 0.118. The molecule has 3 N–H and O–H groups in total. The summed E-state index contributed by atoms with van der Waals surface area (Å²) in [5.41, 5.74) is 3.55. The Morgan fingerprint density at radius 3 is 1.90 bits per heavy atom. The summed E-state index contributed by atoms with van der Waals surface area (Å²) in [6.45, 7) is 1.93. The van der Waals surface area contributed by atoms with Crippen molar-refractivity contribution in [2.45, 2.75) is 29.3 Å². The van der Waals surface area contributed by atoms with Gasteiger partial charge in [-0.1, -0.05) is 12.1 Å². The Balaban J connectivity index is 0.000000146. The van der Waals surface area contributed by atoms with E-state index in [4.69, 9.17) is 21.2 Å². The molecule has 0 saturated heterocycles. The number of aromatic nitrogens is 4. The molecule has 2 aromatic carbocycles. The van der Waals surface area contributed by atoms with E-state index >= 15 is 0 Å². The number of anilines is 1. The van der Waals surface area contributed by atoms with Crippen molar-refractivity contribution in [3.8, 4) is 12.1 Å². The van der Waals surface area contributed by atoms with Crippen LogP contribution in [0, 0.1) is 22.7 Å². The Morgan fingerprint density at radius 1 is 0.725 bits per heavy atom. The second-order valence-electron chi connectivity index (χ2n) is 11.2. The summed E-state index contributed by atoms with van der Waals surface area (Å²) in [4.78, 5) is 36.7. The van der Waals surface area contributed by atoms with Crippen LogP contribution >= 0.6 is 10.7 Å². The van der Waals surface area contributed by atoms with Crippen LogP contribution in [0.1, 0.15) is 28.1 Å². The molecule has 256 valence electrons. The number of sulfonamides is 1. The number of fused-ring (bicyclic) bond motifs is 4. The fourth-order valence-corrected chi connectivity index (χ4v) is 8.48. The van der Waals surface area contributed by atoms with Gasteiger partial charge in [-0.3, -0.25) is 23.9 Å². The van der Waals surface area contributed by atoms with Gasteiger partial charge in [-0.25, -0.2) is 16.8 Å². The van der Waals surface area contributed by atoms with E-state index < -0.39 is 19.1 Å². The van der Waals surface area contributed by atoms with Crippen LogP contribution in [-0.2, 0) is 38.6 Å². The number of halogens is 1. The molecule has 14 nitrogen and oxygen atoms in total. The van der Waals surface area contributed by atoms with E-state index in [1.807, 2.05) is 12.1 Å². The van der Waals surface area contributed by atoms with Gasteiger partial charge in [0.15, 0.2) is 0 Å². The Morgan fingerprint density at radius 2 is 1.29 bits per heavy atom. The third-order valence-electron chi connectivity index (χ3n) is 8.07. The number of benzene rings is 2. The molecular weight excluding hydrogens is 716 g/mol. The van der Waals surface area contributed by atoms with Crippen LogP contribution in [0.4, 0.5) is 5.69 Å². The zero-order valence-electron chi connectivity index (χ0n) is 26.3. The van der Waals surface area contributed by atoms with Gasteiger partial charge in [0.1, 0.15) is 12.1 Å². The van der Waals surface area contributed by atoms with Crippen molar-refractivity contribution in [3.63, 3.8) is 0 Å². The van der Waals surface area contributed by atoms with Crippen LogP contribution in [-0.4, -0.2) is 43.3 Å². The lowest BCUT2D eigenvalue weighted by Gasteiger charge is -2.20. The molecule has 2 aliphatic heterocycles. The molecule has 0 fully saturated rings. The SMILES string of the molecule is N#Cc1cnc2c(c1)CNC2.N#Cc1cnc2c(c1)N(S(=O)(=O)c1cccc3c(=O)[nH]ccc13)CC2.O=c1[nH]ccc2c(S(=O)(=O)Cl)cccc12. The van der Waals surface area contributed by atoms with Crippen molar-refractivity contribution in [1.29, 1.82) is 10.5 Å². The van der Waals surface area contributed by atoms with Crippen LogP contribution in [0.3, 0.4) is 0 Å². The average Bonchev–Trinajstić information content (AvgIpc) is 3.79. The van der Waals surface area contributed by atoms with Crippen LogP contribution in [0.2, 0.25) is 0 Å². The van der Waals surface area contributed by atoms with Crippen molar-refractivity contribution in [3.05, 3.63) is 134 Å². The number of pyridine rings is 4. The standard InChI is InChI=1S/C17H12N4O3S.C9H6ClNO3S.C8H7N3/c18-9-11-8-15-14(20-10-11)5-7-21(15)25(23,24)16-3-1-2-13-12(16)4-6-19-17(13)22;10-15(13,14)8-3-1-2-7-6(8)4-5-11-9(7)12;9-2-6-1-7-4-10-5-8(7)11-3-6/h1-4,6,8,10H,5,7H2,(H,19,22);1-5H,(H,11,12);1,3,10H,4-5H2. The molecule has 0 unspecified atom stereocenters. The maximum absolute atomic E-state index is 13.2. The minimum Gasteiger partial charge on any atom is -0.329 e. The monoisotopic (exact) mass is 740 g/mol. The minimum absolute atomic E-state index is 0.0484. The highest BCUT2D eigenvalue weighted by molar-refractivity contribution is 8.14. The van der Waals surface area contributed by atoms with E-state index in [0.717, 1.165) is 24.3 Å². The molecule has 0 bridgehead atoms. The molecule has 51 heavy (non-hydrogen) atoms. The molecule has 6 heterocycles. The second-order valence-corrected chi connectivity index (χ2v) is 15.5. The Bertz CT molecular complexity index is 2770. The highest BCUT2D eigenvalue weighted by atomic mass is 35.7. The summed E-state index contributed by atoms with van der Waals surface area (Å²) < 4.78 is 50.1. The maximum Gasteiger partial charge on any atom is 0.265 e. The number of rotatable bonds is 3. The highest BCUT2D eigenvalue weighted by Gasteiger charge is 2.33. The highest BCUT2D eigenvalue weighted by Crippen LogP contribution is 2.34. The third-order valence-corrected chi connectivity index (χ3v) is 11.3. The summed E-state index contributed by atoms with van der Waals surface area (Å²) in [5, 5.41) is 22.1. The van der Waals surface area contributed by atoms with Gasteiger partial charge in [-0.05, 0) is 54.1 Å². The van der Waals surface area contributed by atoms with Gasteiger partial charge in [-0.15, -0.1) is 0 Å². The molecule has 0 atom stereocenters. The van der Waals surface area contributed by atoms with Gasteiger partial charge in [-0.2, -0.15) is 10.5 Å². The lowest BCUT2D eigenvalue weighted by atomic mass is 10.2. The molecule has 17 heteroatoms. The predicted octanol–water partition coefficient (Wildman–Crippen LogP) is 3.56. The Kier molecular flexibility index (Phi) is 9.69. The first-order valence-corrected chi connectivity index (χ1v) is 18.8. The van der Waals surface area contributed by atoms with E-state index in [-0.39, 0.29) is 27.5 Å². The van der Waals surface area contributed by atoms with E-state index in [0.29, 0.717) is 50.5 Å². The fourth-order valence-electron chi connectivity index (χ4n) is 5.70. The van der Waals surface area contributed by atoms with Crippen molar-refractivity contribution >= 4 is 57.0 Å². The maximum atomic E-state index is 13.2. The number of hydrogen-bond acceptors (Lipinski definition) is 11. The molecule has 8 rings (SSSR count). The topological polar surface area (TPSA) is 223 Å². The summed E-state index contributed by atoms with van der Waals surface area (Å²) >= 11 is 0. The summed E-state index contributed by atoms with van der Waals surface area (Å²) in [5.74, 6) is 0. The molecule has 4 aromatic heterocycles. The van der Waals surface area contributed by atoms with Crippen molar-refractivity contribution in [1.82, 2.24) is 25.3 Å². The normalized spacial score (nSPS) is 13.2. The molecule has 0 radical (unpaired) electrons. The van der Waals surface area contributed by atoms with Gasteiger partial charge in [0.2, 0.25) is 0 Å². The van der Waals surface area contributed by atoms with Crippen molar-refractivity contribution in [2.75, 3.05) is 10.8 Å². The number of nitrogens with one attached hydrogen (secondary N) is 3. The number of H-pyrrole nitrogens is 2. The molecule has 0 amide bonds. The van der Waals surface area contributed by atoms with Gasteiger partial charge >= 0.3 is 0 Å². The first-order valence-electron chi connectivity index (χ1n) is 15.1. The Hall–Kier alpha value is -5.91. The molecule has 0 saturated carbocycles. The van der Waals surface area contributed by atoms with Crippen LogP contribution in [0.25, 0.3) is 21.5 Å². The van der Waals surface area contributed by atoms with Gasteiger partial charge < -0.3 is 15.3 Å². The number of nitrogens with zero attached hydrogens (tertiary/aromatic N) is 5. The first-order chi connectivity index (χ1) is 24.4. The van der Waals surface area contributed by atoms with Crippen LogP contribution in [0.15, 0.2) is 105 Å². The number of hydrogen-bond donors (Lipinski definition) is 3. The number of nitriles is 2. The summed E-state index contributed by atoms with van der Waals surface area (Å²) in [6, 6.07) is 19.5. The summed E-state index contributed by atoms with van der Waals surface area (Å²) in [7, 11) is -2.47. The largest absolute Gasteiger partial charge is 0.329 e. The smallest absolute Gasteiger partial charge is 0.265 e. The molecule has 6 aromatic rings. The lowest BCUT2D eigenvalue weighted by molar-refractivity contribution is 0.593. The van der Waals surface area contributed by atoms with Gasteiger partial charge in [0.25, 0.3) is 30.2 Å². The van der Waals surface area contributed by atoms with Crippen molar-refractivity contribution < 1.29 is 16.8 Å². The predicted molar refractivity (Wildman–Crippen MR) is 189 cm³/mol. The lowest BCUT2D eigenvalue weighted by Crippen LogP contribution is -2.29. The summed E-state index contributed by atoms with van der Waals surface area (Å²) in [6.07, 6.45) is 6.34. The zero-order chi connectivity index (χ0) is 36.3. The molecule has 0 aliphatic carbocycles. The van der Waals surface area contributed by atoms with Crippen LogP contribution in [0.5, 0.6) is 0 Å². The van der Waals surface area contributed by atoms with E-state index in [2.05, 4.69) is 31.3 Å². The quantitative estimate of drug-likeness (QED) is 0.223. The zero-order valence-corrected chi connectivity index (χ0v) is 28.7. The van der Waals surface area contributed by atoms with Crippen LogP contribution < -0.4 is 20.7 Å². The second kappa shape index (κ2) is 14.1. The molecular formula is C34H25ClN8O6S2. The van der Waals surface area contributed by atoms with E-state index in [9.17, 15) is 26.4 Å². The average molecular weight is 741 g/mol. The molecule has 0 spiro atoms. The molecule has 2 aliphatic rings. The van der Waals surface area contributed by atoms with Gasteiger partial charge in [0, 0.05) is 83.1 Å². The van der Waals surface area contributed by atoms with Crippen molar-refractivity contribution in [2.24, 2.45) is 0 Å². The van der Waals surface area contributed by atoms with E-state index in [1.54, 1.807) is 30.5 Å². The minimum atomic E-state index is -3.89. The van der Waals surface area contributed by atoms with E-state index in [1.165, 1.54) is 53.2 Å². The third kappa shape index (κ3) is 7.07. The number of aromatic amines is 2. The first kappa shape index (κ1) is 34.9. The van der Waals surface area contributed by atoms with Gasteiger partial charge in [0.05, 0.1) is 38.0 Å².